The molecule has 2 N–H and O–H groups in total. The van der Waals surface area contributed by atoms with Gasteiger partial charge in [-0.1, -0.05) is 0 Å². The normalized spacial score (nSPS) is 16.4. The Morgan fingerprint density at radius 2 is 2.17 bits per heavy atom. The van der Waals surface area contributed by atoms with Crippen molar-refractivity contribution in [2.45, 2.75) is 33.1 Å². The Balaban J connectivity index is 1.98. The molecule has 2 rings (SSSR count). The van der Waals surface area contributed by atoms with E-state index in [2.05, 4.69) is 15.5 Å². The minimum atomic E-state index is -0.102. The fourth-order valence-electron chi connectivity index (χ4n) is 2.07. The van der Waals surface area contributed by atoms with Crippen molar-refractivity contribution in [3.8, 4) is 0 Å². The van der Waals surface area contributed by atoms with Gasteiger partial charge in [0.15, 0.2) is 0 Å². The Hall–Kier alpha value is -1.49. The van der Waals surface area contributed by atoms with Crippen molar-refractivity contribution in [3.63, 3.8) is 0 Å². The molecule has 5 heteroatoms. The lowest BCUT2D eigenvalue weighted by atomic mass is 10.0. The smallest absolute Gasteiger partial charge is 0.253 e. The van der Waals surface area contributed by atoms with Crippen molar-refractivity contribution in [1.82, 2.24) is 15.5 Å². The van der Waals surface area contributed by atoms with Gasteiger partial charge >= 0.3 is 0 Å². The van der Waals surface area contributed by atoms with Gasteiger partial charge in [0.05, 0.1) is 17.0 Å². The van der Waals surface area contributed by atoms with Gasteiger partial charge in [-0.2, -0.15) is 10.2 Å². The van der Waals surface area contributed by atoms with E-state index in [0.29, 0.717) is 17.8 Å². The van der Waals surface area contributed by atoms with Crippen LogP contribution in [-0.4, -0.2) is 34.4 Å². The maximum absolute atomic E-state index is 12.1. The number of carbonyl (C=O) groups is 1. The quantitative estimate of drug-likeness (QED) is 0.816. The van der Waals surface area contributed by atoms with Gasteiger partial charge in [0.2, 0.25) is 0 Å². The zero-order valence-electron chi connectivity index (χ0n) is 10.9. The third-order valence-electron chi connectivity index (χ3n) is 3.57. The molecule has 5 nitrogen and oxygen atoms in total. The maximum atomic E-state index is 12.1. The zero-order valence-corrected chi connectivity index (χ0v) is 10.9. The van der Waals surface area contributed by atoms with Crippen molar-refractivity contribution < 1.29 is 9.90 Å². The number of nitrogens with one attached hydrogen (secondary N) is 1. The number of aryl methyl sites for hydroxylation is 2. The van der Waals surface area contributed by atoms with Crippen LogP contribution in [0, 0.1) is 19.3 Å². The summed E-state index contributed by atoms with van der Waals surface area (Å²) in [7, 11) is 0. The summed E-state index contributed by atoms with van der Waals surface area (Å²) >= 11 is 0. The number of aliphatic hydroxyl groups excluding tert-OH is 1. The first kappa shape index (κ1) is 13.0. The number of nitrogens with zero attached hydrogens (tertiary/aromatic N) is 2. The zero-order chi connectivity index (χ0) is 13.2. The minimum Gasteiger partial charge on any atom is -0.396 e. The van der Waals surface area contributed by atoms with Crippen LogP contribution in [0.25, 0.3) is 0 Å². The molecule has 1 aromatic rings. The molecule has 0 saturated heterocycles. The maximum Gasteiger partial charge on any atom is 0.253 e. The highest BCUT2D eigenvalue weighted by Gasteiger charge is 2.41. The van der Waals surface area contributed by atoms with E-state index in [0.717, 1.165) is 25.0 Å². The highest BCUT2D eigenvalue weighted by molar-refractivity contribution is 5.95. The van der Waals surface area contributed by atoms with Crippen LogP contribution in [0.3, 0.4) is 0 Å². The summed E-state index contributed by atoms with van der Waals surface area (Å²) in [6.45, 7) is 4.41. The molecule has 0 radical (unpaired) electrons. The molecule has 0 atom stereocenters. The number of amides is 1. The number of carbonyl (C=O) groups excluding carboxylic acids is 1. The van der Waals surface area contributed by atoms with E-state index < -0.39 is 0 Å². The summed E-state index contributed by atoms with van der Waals surface area (Å²) in [6, 6.07) is 1.75. The van der Waals surface area contributed by atoms with E-state index >= 15 is 0 Å². The average molecular weight is 249 g/mol. The van der Waals surface area contributed by atoms with E-state index in [1.165, 1.54) is 0 Å². The molecule has 0 aromatic carbocycles. The third kappa shape index (κ3) is 2.85. The Kier molecular flexibility index (Phi) is 3.61. The molecule has 0 spiro atoms. The van der Waals surface area contributed by atoms with Crippen molar-refractivity contribution in [3.05, 3.63) is 23.0 Å². The third-order valence-corrected chi connectivity index (χ3v) is 3.57. The van der Waals surface area contributed by atoms with Gasteiger partial charge in [-0.25, -0.2) is 0 Å². The van der Waals surface area contributed by atoms with E-state index in [-0.39, 0.29) is 17.9 Å². The Morgan fingerprint density at radius 1 is 1.44 bits per heavy atom. The standard InChI is InChI=1S/C13H19N3O2/c1-9-7-11(10(2)16-15-9)12(18)14-8-13(3-4-13)5-6-17/h7,17H,3-6,8H2,1-2H3,(H,14,18). The van der Waals surface area contributed by atoms with Gasteiger partial charge in [0, 0.05) is 13.2 Å². The molecule has 1 aliphatic rings. The average Bonchev–Trinajstić information content (AvgIpc) is 3.10. The lowest BCUT2D eigenvalue weighted by Crippen LogP contribution is -2.31. The fourth-order valence-corrected chi connectivity index (χ4v) is 2.07. The summed E-state index contributed by atoms with van der Waals surface area (Å²) in [5.74, 6) is -0.102. The van der Waals surface area contributed by atoms with Gasteiger partial charge < -0.3 is 10.4 Å². The van der Waals surface area contributed by atoms with Crippen molar-refractivity contribution in [2.75, 3.05) is 13.2 Å². The fraction of sp³-hybridized carbons (Fsp3) is 0.615. The van der Waals surface area contributed by atoms with Crippen LogP contribution >= 0.6 is 0 Å². The number of hydrogen-bond acceptors (Lipinski definition) is 4. The molecule has 1 fully saturated rings. The molecule has 1 aliphatic carbocycles. The van der Waals surface area contributed by atoms with Gasteiger partial charge in [-0.3, -0.25) is 4.79 Å². The van der Waals surface area contributed by atoms with Crippen molar-refractivity contribution >= 4 is 5.91 Å². The van der Waals surface area contributed by atoms with Crippen LogP contribution in [0.4, 0.5) is 0 Å². The SMILES string of the molecule is Cc1cc(C(=O)NCC2(CCO)CC2)c(C)nn1. The Labute approximate surface area is 107 Å². The van der Waals surface area contributed by atoms with Crippen LogP contribution in [-0.2, 0) is 0 Å². The largest absolute Gasteiger partial charge is 0.396 e. The van der Waals surface area contributed by atoms with Crippen LogP contribution in [0.15, 0.2) is 6.07 Å². The summed E-state index contributed by atoms with van der Waals surface area (Å²) in [5, 5.41) is 19.8. The van der Waals surface area contributed by atoms with Crippen LogP contribution in [0.1, 0.15) is 41.0 Å². The molecule has 0 aliphatic heterocycles. The number of aliphatic hydroxyl groups is 1. The number of rotatable bonds is 5. The number of aromatic nitrogens is 2. The van der Waals surface area contributed by atoms with Crippen LogP contribution in [0.5, 0.6) is 0 Å². The Morgan fingerprint density at radius 3 is 2.78 bits per heavy atom. The van der Waals surface area contributed by atoms with E-state index in [4.69, 9.17) is 5.11 Å². The molecule has 1 saturated carbocycles. The second-order valence-corrected chi connectivity index (χ2v) is 5.14. The number of hydrogen-bond donors (Lipinski definition) is 2. The highest BCUT2D eigenvalue weighted by Crippen LogP contribution is 2.47. The first-order chi connectivity index (χ1) is 8.56. The van der Waals surface area contributed by atoms with E-state index in [9.17, 15) is 4.79 Å². The van der Waals surface area contributed by atoms with Gasteiger partial charge in [-0.15, -0.1) is 0 Å². The van der Waals surface area contributed by atoms with Crippen molar-refractivity contribution in [1.29, 1.82) is 0 Å². The first-order valence-electron chi connectivity index (χ1n) is 6.26. The molecular weight excluding hydrogens is 230 g/mol. The molecule has 18 heavy (non-hydrogen) atoms. The second-order valence-electron chi connectivity index (χ2n) is 5.14. The molecule has 1 amide bonds. The van der Waals surface area contributed by atoms with Crippen molar-refractivity contribution in [2.24, 2.45) is 5.41 Å². The second kappa shape index (κ2) is 5.02. The summed E-state index contributed by atoms with van der Waals surface area (Å²) in [4.78, 5) is 12.1. The highest BCUT2D eigenvalue weighted by atomic mass is 16.3. The summed E-state index contributed by atoms with van der Waals surface area (Å²) in [6.07, 6.45) is 2.93. The van der Waals surface area contributed by atoms with E-state index in [1.54, 1.807) is 13.0 Å². The van der Waals surface area contributed by atoms with Crippen LogP contribution < -0.4 is 5.32 Å². The lowest BCUT2D eigenvalue weighted by molar-refractivity contribution is 0.0939. The molecule has 0 bridgehead atoms. The minimum absolute atomic E-state index is 0.102. The first-order valence-corrected chi connectivity index (χ1v) is 6.26. The summed E-state index contributed by atoms with van der Waals surface area (Å²) in [5.41, 5.74) is 2.10. The topological polar surface area (TPSA) is 75.1 Å². The van der Waals surface area contributed by atoms with Gasteiger partial charge in [-0.05, 0) is 44.6 Å². The lowest BCUT2D eigenvalue weighted by Gasteiger charge is -2.15. The molecule has 1 aromatic heterocycles. The van der Waals surface area contributed by atoms with E-state index in [1.807, 2.05) is 6.92 Å². The molecule has 1 heterocycles. The monoisotopic (exact) mass is 249 g/mol. The van der Waals surface area contributed by atoms with Crippen LogP contribution in [0.2, 0.25) is 0 Å². The predicted molar refractivity (Wildman–Crippen MR) is 67.2 cm³/mol. The predicted octanol–water partition coefficient (Wildman–Crippen LogP) is 0.986. The molecule has 98 valence electrons. The molecule has 0 unspecified atom stereocenters. The van der Waals surface area contributed by atoms with Gasteiger partial charge in [0.25, 0.3) is 5.91 Å². The van der Waals surface area contributed by atoms with Gasteiger partial charge in [0.1, 0.15) is 0 Å². The summed E-state index contributed by atoms with van der Waals surface area (Å²) < 4.78 is 0. The molecular formula is C13H19N3O2. The Bertz CT molecular complexity index is 456.